The van der Waals surface area contributed by atoms with Gasteiger partial charge >= 0.3 is 11.9 Å². The summed E-state index contributed by atoms with van der Waals surface area (Å²) in [6.07, 6.45) is 0.906. The second-order valence-electron chi connectivity index (χ2n) is 3.67. The standard InChI is InChI=1S/C12H8O3S/c1-2-6-3-4-8-7(5-6)9-10(16-8)12(14)15-11(9)13/h3-5H,2H2,1H3. The summed E-state index contributed by atoms with van der Waals surface area (Å²) in [5, 5.41) is 0.843. The predicted octanol–water partition coefficient (Wildman–Crippen LogP) is 2.77. The summed E-state index contributed by atoms with van der Waals surface area (Å²) in [5.74, 6) is -1.03. The van der Waals surface area contributed by atoms with Crippen LogP contribution in [0.4, 0.5) is 0 Å². The van der Waals surface area contributed by atoms with Crippen LogP contribution in [0.5, 0.6) is 0 Å². The van der Waals surface area contributed by atoms with Crippen LogP contribution in [0.2, 0.25) is 0 Å². The largest absolute Gasteiger partial charge is 0.385 e. The summed E-state index contributed by atoms with van der Waals surface area (Å²) < 4.78 is 5.55. The van der Waals surface area contributed by atoms with Gasteiger partial charge in [0.05, 0.1) is 5.56 Å². The fourth-order valence-electron chi connectivity index (χ4n) is 1.89. The van der Waals surface area contributed by atoms with Crippen molar-refractivity contribution >= 4 is 33.4 Å². The minimum absolute atomic E-state index is 0.438. The highest BCUT2D eigenvalue weighted by Crippen LogP contribution is 2.36. The van der Waals surface area contributed by atoms with Crippen LogP contribution in [-0.2, 0) is 11.2 Å². The van der Waals surface area contributed by atoms with Crippen LogP contribution in [-0.4, -0.2) is 11.9 Å². The van der Waals surface area contributed by atoms with Crippen LogP contribution in [0.1, 0.15) is 32.5 Å². The molecule has 0 saturated heterocycles. The average molecular weight is 232 g/mol. The zero-order valence-electron chi connectivity index (χ0n) is 8.57. The maximum Gasteiger partial charge on any atom is 0.357 e. The van der Waals surface area contributed by atoms with Gasteiger partial charge in [0, 0.05) is 10.1 Å². The van der Waals surface area contributed by atoms with Gasteiger partial charge in [0.1, 0.15) is 4.88 Å². The Kier molecular flexibility index (Phi) is 1.88. The van der Waals surface area contributed by atoms with E-state index in [1.807, 2.05) is 18.2 Å². The molecule has 0 atom stereocenters. The molecule has 0 amide bonds. The number of aryl methyl sites for hydroxylation is 1. The van der Waals surface area contributed by atoms with E-state index >= 15 is 0 Å². The van der Waals surface area contributed by atoms with E-state index in [2.05, 4.69) is 11.7 Å². The molecule has 0 spiro atoms. The van der Waals surface area contributed by atoms with Crippen molar-refractivity contribution in [3.63, 3.8) is 0 Å². The Bertz CT molecular complexity index is 624. The molecule has 1 aromatic carbocycles. The maximum absolute atomic E-state index is 11.5. The number of hydrogen-bond donors (Lipinski definition) is 0. The fourth-order valence-corrected chi connectivity index (χ4v) is 2.94. The first-order valence-electron chi connectivity index (χ1n) is 5.02. The number of carbonyl (C=O) groups is 2. The van der Waals surface area contributed by atoms with Gasteiger partial charge in [0.25, 0.3) is 0 Å². The van der Waals surface area contributed by atoms with Crippen LogP contribution in [0, 0.1) is 0 Å². The van der Waals surface area contributed by atoms with Crippen molar-refractivity contribution in [1.82, 2.24) is 0 Å². The Hall–Kier alpha value is -1.68. The zero-order chi connectivity index (χ0) is 11.3. The number of esters is 2. The zero-order valence-corrected chi connectivity index (χ0v) is 9.39. The summed E-state index contributed by atoms with van der Waals surface area (Å²) in [6, 6.07) is 5.94. The van der Waals surface area contributed by atoms with Gasteiger partial charge in [-0.1, -0.05) is 13.0 Å². The summed E-state index contributed by atoms with van der Waals surface area (Å²) >= 11 is 1.32. The SMILES string of the molecule is CCc1ccc2sc3c(c2c1)C(=O)OC3=O. The molecule has 1 aliphatic heterocycles. The molecule has 0 fully saturated rings. The number of thiophene rings is 1. The van der Waals surface area contributed by atoms with Crippen molar-refractivity contribution < 1.29 is 14.3 Å². The van der Waals surface area contributed by atoms with E-state index in [1.54, 1.807) is 0 Å². The number of hydrogen-bond acceptors (Lipinski definition) is 4. The maximum atomic E-state index is 11.5. The Morgan fingerprint density at radius 2 is 2.06 bits per heavy atom. The van der Waals surface area contributed by atoms with E-state index < -0.39 is 11.9 Å². The quantitative estimate of drug-likeness (QED) is 0.561. The highest BCUT2D eigenvalue weighted by Gasteiger charge is 2.34. The first-order valence-corrected chi connectivity index (χ1v) is 5.84. The first-order chi connectivity index (χ1) is 7.70. The van der Waals surface area contributed by atoms with Crippen molar-refractivity contribution in [2.75, 3.05) is 0 Å². The lowest BCUT2D eigenvalue weighted by Crippen LogP contribution is -1.98. The molecule has 16 heavy (non-hydrogen) atoms. The normalized spacial score (nSPS) is 14.3. The highest BCUT2D eigenvalue weighted by molar-refractivity contribution is 7.21. The van der Waals surface area contributed by atoms with Crippen molar-refractivity contribution in [2.24, 2.45) is 0 Å². The molecule has 1 aliphatic rings. The molecule has 4 heteroatoms. The fraction of sp³-hybridized carbons (Fsp3) is 0.167. The molecule has 0 aliphatic carbocycles. The van der Waals surface area contributed by atoms with Crippen LogP contribution in [0.15, 0.2) is 18.2 Å². The van der Waals surface area contributed by atoms with Gasteiger partial charge in [0.15, 0.2) is 0 Å². The van der Waals surface area contributed by atoms with Crippen molar-refractivity contribution in [3.05, 3.63) is 34.2 Å². The van der Waals surface area contributed by atoms with Gasteiger partial charge in [0.2, 0.25) is 0 Å². The number of benzene rings is 1. The third-order valence-corrected chi connectivity index (χ3v) is 3.89. The molecular weight excluding hydrogens is 224 g/mol. The Morgan fingerprint density at radius 1 is 1.25 bits per heavy atom. The number of fused-ring (bicyclic) bond motifs is 3. The van der Waals surface area contributed by atoms with Gasteiger partial charge in [-0.2, -0.15) is 0 Å². The molecule has 0 saturated carbocycles. The molecule has 0 unspecified atom stereocenters. The van der Waals surface area contributed by atoms with E-state index in [-0.39, 0.29) is 0 Å². The number of ether oxygens (including phenoxy) is 1. The number of carbonyl (C=O) groups excluding carboxylic acids is 2. The smallest absolute Gasteiger partial charge is 0.357 e. The van der Waals surface area contributed by atoms with Crippen LogP contribution >= 0.6 is 11.3 Å². The number of rotatable bonds is 1. The van der Waals surface area contributed by atoms with E-state index in [9.17, 15) is 9.59 Å². The molecule has 80 valence electrons. The molecule has 0 radical (unpaired) electrons. The first kappa shape index (κ1) is 9.54. The summed E-state index contributed by atoms with van der Waals surface area (Å²) in [7, 11) is 0. The minimum atomic E-state index is -0.515. The van der Waals surface area contributed by atoms with E-state index in [4.69, 9.17) is 0 Å². The van der Waals surface area contributed by atoms with E-state index in [0.717, 1.165) is 22.1 Å². The third-order valence-electron chi connectivity index (χ3n) is 2.74. The van der Waals surface area contributed by atoms with Crippen molar-refractivity contribution in [2.45, 2.75) is 13.3 Å². The van der Waals surface area contributed by atoms with Gasteiger partial charge < -0.3 is 4.74 Å². The van der Waals surface area contributed by atoms with Gasteiger partial charge in [-0.25, -0.2) is 9.59 Å². The minimum Gasteiger partial charge on any atom is -0.385 e. The van der Waals surface area contributed by atoms with Gasteiger partial charge in [-0.15, -0.1) is 11.3 Å². The Balaban J connectivity index is 2.37. The molecule has 0 bridgehead atoms. The van der Waals surface area contributed by atoms with Crippen molar-refractivity contribution in [3.8, 4) is 0 Å². The van der Waals surface area contributed by atoms with Crippen LogP contribution in [0.3, 0.4) is 0 Å². The second-order valence-corrected chi connectivity index (χ2v) is 4.72. The lowest BCUT2D eigenvalue weighted by atomic mass is 10.1. The molecule has 2 aromatic rings. The van der Waals surface area contributed by atoms with Crippen LogP contribution < -0.4 is 0 Å². The molecule has 1 aromatic heterocycles. The van der Waals surface area contributed by atoms with E-state index in [1.165, 1.54) is 11.3 Å². The highest BCUT2D eigenvalue weighted by atomic mass is 32.1. The molecule has 3 nitrogen and oxygen atoms in total. The molecule has 0 N–H and O–H groups in total. The lowest BCUT2D eigenvalue weighted by Gasteiger charge is -1.97. The monoisotopic (exact) mass is 232 g/mol. The topological polar surface area (TPSA) is 43.4 Å². The summed E-state index contributed by atoms with van der Waals surface area (Å²) in [5.41, 5.74) is 1.60. The van der Waals surface area contributed by atoms with E-state index in [0.29, 0.717) is 10.4 Å². The predicted molar refractivity (Wildman–Crippen MR) is 60.9 cm³/mol. The molecular formula is C12H8O3S. The van der Waals surface area contributed by atoms with Crippen LogP contribution in [0.25, 0.3) is 10.1 Å². The van der Waals surface area contributed by atoms with Crippen molar-refractivity contribution in [1.29, 1.82) is 0 Å². The Labute approximate surface area is 95.6 Å². The third kappa shape index (κ3) is 1.13. The average Bonchev–Trinajstić information content (AvgIpc) is 2.77. The summed E-state index contributed by atoms with van der Waals surface area (Å²) in [4.78, 5) is 23.3. The second kappa shape index (κ2) is 3.15. The lowest BCUT2D eigenvalue weighted by molar-refractivity contribution is 0.0446. The van der Waals surface area contributed by atoms with Gasteiger partial charge in [-0.05, 0) is 24.1 Å². The summed E-state index contributed by atoms with van der Waals surface area (Å²) in [6.45, 7) is 2.05. The Morgan fingerprint density at radius 3 is 2.81 bits per heavy atom. The molecule has 3 rings (SSSR count). The molecule has 2 heterocycles. The van der Waals surface area contributed by atoms with Gasteiger partial charge in [-0.3, -0.25) is 0 Å². The number of cyclic esters (lactones) is 2.